The quantitative estimate of drug-likeness (QED) is 0.703. The highest BCUT2D eigenvalue weighted by Crippen LogP contribution is 2.30. The van der Waals surface area contributed by atoms with Gasteiger partial charge in [0, 0.05) is 17.2 Å². The minimum Gasteiger partial charge on any atom is -0.366 e. The van der Waals surface area contributed by atoms with Crippen molar-refractivity contribution in [1.29, 1.82) is 0 Å². The van der Waals surface area contributed by atoms with E-state index in [1.54, 1.807) is 24.5 Å². The van der Waals surface area contributed by atoms with Gasteiger partial charge in [-0.2, -0.15) is 0 Å². The summed E-state index contributed by atoms with van der Waals surface area (Å²) in [5.41, 5.74) is 2.45. The first kappa shape index (κ1) is 15.8. The monoisotopic (exact) mass is 333 g/mol. The van der Waals surface area contributed by atoms with E-state index in [4.69, 9.17) is 0 Å². The molecule has 2 aromatic carbocycles. The molecule has 0 unspecified atom stereocenters. The average Bonchev–Trinajstić information content (AvgIpc) is 3.17. The van der Waals surface area contributed by atoms with Crippen LogP contribution in [0.2, 0.25) is 0 Å². The predicted octanol–water partition coefficient (Wildman–Crippen LogP) is 5.30. The SMILES string of the molecule is Fc1c(-c2ccccc2)cccc1-c1cnc(NC2CCCC2)cn1. The number of rotatable bonds is 4. The van der Waals surface area contributed by atoms with Crippen LogP contribution >= 0.6 is 0 Å². The van der Waals surface area contributed by atoms with Crippen molar-refractivity contribution in [3.8, 4) is 22.4 Å². The molecule has 25 heavy (non-hydrogen) atoms. The summed E-state index contributed by atoms with van der Waals surface area (Å²) < 4.78 is 15.0. The number of anilines is 1. The molecular weight excluding hydrogens is 313 g/mol. The highest BCUT2D eigenvalue weighted by molar-refractivity contribution is 5.72. The highest BCUT2D eigenvalue weighted by atomic mass is 19.1. The van der Waals surface area contributed by atoms with Crippen LogP contribution in [0.5, 0.6) is 0 Å². The molecular formula is C21H20FN3. The first-order chi connectivity index (χ1) is 12.3. The second-order valence-electron chi connectivity index (χ2n) is 6.45. The van der Waals surface area contributed by atoms with Crippen LogP contribution in [0.4, 0.5) is 10.2 Å². The second-order valence-corrected chi connectivity index (χ2v) is 6.45. The normalized spacial score (nSPS) is 14.6. The number of halogens is 1. The molecule has 4 rings (SSSR count). The van der Waals surface area contributed by atoms with Crippen LogP contribution in [0.3, 0.4) is 0 Å². The molecule has 3 aromatic rings. The van der Waals surface area contributed by atoms with Crippen molar-refractivity contribution in [2.24, 2.45) is 0 Å². The summed E-state index contributed by atoms with van der Waals surface area (Å²) in [7, 11) is 0. The molecule has 0 saturated heterocycles. The Morgan fingerprint density at radius 1 is 0.840 bits per heavy atom. The maximum absolute atomic E-state index is 15.0. The average molecular weight is 333 g/mol. The fourth-order valence-corrected chi connectivity index (χ4v) is 3.39. The van der Waals surface area contributed by atoms with Crippen molar-refractivity contribution in [2.75, 3.05) is 5.32 Å². The van der Waals surface area contributed by atoms with Gasteiger partial charge < -0.3 is 5.32 Å². The molecule has 126 valence electrons. The maximum atomic E-state index is 15.0. The number of nitrogens with one attached hydrogen (secondary N) is 1. The third-order valence-electron chi connectivity index (χ3n) is 4.72. The molecule has 1 heterocycles. The van der Waals surface area contributed by atoms with Crippen molar-refractivity contribution in [2.45, 2.75) is 31.7 Å². The lowest BCUT2D eigenvalue weighted by atomic mass is 10.0. The summed E-state index contributed by atoms with van der Waals surface area (Å²) in [5, 5.41) is 3.40. The first-order valence-electron chi connectivity index (χ1n) is 8.74. The van der Waals surface area contributed by atoms with Gasteiger partial charge in [-0.3, -0.25) is 4.98 Å². The smallest absolute Gasteiger partial charge is 0.144 e. The van der Waals surface area contributed by atoms with E-state index in [0.29, 0.717) is 22.9 Å². The minimum atomic E-state index is -0.264. The number of aromatic nitrogens is 2. The summed E-state index contributed by atoms with van der Waals surface area (Å²) in [6, 6.07) is 15.4. The molecule has 1 N–H and O–H groups in total. The number of hydrogen-bond acceptors (Lipinski definition) is 3. The minimum absolute atomic E-state index is 0.264. The van der Waals surface area contributed by atoms with Crippen molar-refractivity contribution in [1.82, 2.24) is 9.97 Å². The molecule has 1 aromatic heterocycles. The van der Waals surface area contributed by atoms with Crippen LogP contribution in [-0.4, -0.2) is 16.0 Å². The third kappa shape index (κ3) is 3.38. The van der Waals surface area contributed by atoms with E-state index < -0.39 is 0 Å². The summed E-state index contributed by atoms with van der Waals surface area (Å²) >= 11 is 0. The van der Waals surface area contributed by atoms with Gasteiger partial charge in [-0.1, -0.05) is 55.3 Å². The Morgan fingerprint density at radius 3 is 2.32 bits per heavy atom. The Morgan fingerprint density at radius 2 is 1.60 bits per heavy atom. The van der Waals surface area contributed by atoms with Crippen LogP contribution in [0, 0.1) is 5.82 Å². The number of benzene rings is 2. The Hall–Kier alpha value is -2.75. The van der Waals surface area contributed by atoms with Crippen LogP contribution < -0.4 is 5.32 Å². The van der Waals surface area contributed by atoms with E-state index in [-0.39, 0.29) is 5.82 Å². The summed E-state index contributed by atoms with van der Waals surface area (Å²) in [6.45, 7) is 0. The second kappa shape index (κ2) is 7.01. The predicted molar refractivity (Wildman–Crippen MR) is 98.7 cm³/mol. The Balaban J connectivity index is 1.61. The zero-order valence-corrected chi connectivity index (χ0v) is 14.0. The van der Waals surface area contributed by atoms with Gasteiger partial charge in [-0.25, -0.2) is 9.37 Å². The Kier molecular flexibility index (Phi) is 4.42. The van der Waals surface area contributed by atoms with E-state index in [9.17, 15) is 4.39 Å². The molecule has 1 saturated carbocycles. The standard InChI is InChI=1S/C21H20FN3/c22-21-17(15-7-2-1-3-8-15)11-6-12-18(21)19-13-24-20(14-23-19)25-16-9-4-5-10-16/h1-3,6-8,11-14,16H,4-5,9-10H2,(H,24,25). The van der Waals surface area contributed by atoms with Gasteiger partial charge >= 0.3 is 0 Å². The van der Waals surface area contributed by atoms with Gasteiger partial charge in [0.1, 0.15) is 11.6 Å². The lowest BCUT2D eigenvalue weighted by Crippen LogP contribution is -2.15. The summed E-state index contributed by atoms with van der Waals surface area (Å²) in [6.07, 6.45) is 8.22. The molecule has 0 radical (unpaired) electrons. The van der Waals surface area contributed by atoms with Crippen molar-refractivity contribution in [3.63, 3.8) is 0 Å². The molecule has 0 aliphatic heterocycles. The van der Waals surface area contributed by atoms with E-state index in [0.717, 1.165) is 11.4 Å². The zero-order valence-electron chi connectivity index (χ0n) is 14.0. The molecule has 0 atom stereocenters. The molecule has 1 aliphatic carbocycles. The van der Waals surface area contributed by atoms with Gasteiger partial charge in [-0.15, -0.1) is 0 Å². The van der Waals surface area contributed by atoms with Gasteiger partial charge in [0.25, 0.3) is 0 Å². The number of nitrogens with zero attached hydrogens (tertiary/aromatic N) is 2. The van der Waals surface area contributed by atoms with Crippen molar-refractivity contribution >= 4 is 5.82 Å². The lowest BCUT2D eigenvalue weighted by molar-refractivity contribution is 0.634. The molecule has 4 heteroatoms. The molecule has 1 aliphatic rings. The van der Waals surface area contributed by atoms with Gasteiger partial charge in [-0.05, 0) is 24.5 Å². The highest BCUT2D eigenvalue weighted by Gasteiger charge is 2.16. The van der Waals surface area contributed by atoms with Crippen LogP contribution in [0.1, 0.15) is 25.7 Å². The van der Waals surface area contributed by atoms with E-state index in [1.807, 2.05) is 36.4 Å². The Labute approximate surface area is 147 Å². The van der Waals surface area contributed by atoms with Crippen LogP contribution in [0.25, 0.3) is 22.4 Å². The van der Waals surface area contributed by atoms with E-state index in [1.165, 1.54) is 25.7 Å². The molecule has 0 bridgehead atoms. The lowest BCUT2D eigenvalue weighted by Gasteiger charge is -2.13. The van der Waals surface area contributed by atoms with Crippen LogP contribution in [-0.2, 0) is 0 Å². The van der Waals surface area contributed by atoms with Crippen molar-refractivity contribution in [3.05, 3.63) is 66.7 Å². The summed E-state index contributed by atoms with van der Waals surface area (Å²) in [4.78, 5) is 8.84. The zero-order chi connectivity index (χ0) is 17.1. The van der Waals surface area contributed by atoms with Gasteiger partial charge in [0.05, 0.1) is 18.1 Å². The third-order valence-corrected chi connectivity index (χ3v) is 4.72. The van der Waals surface area contributed by atoms with Crippen LogP contribution in [0.15, 0.2) is 60.9 Å². The van der Waals surface area contributed by atoms with E-state index >= 15 is 0 Å². The Bertz CT molecular complexity index is 841. The summed E-state index contributed by atoms with van der Waals surface area (Å²) in [5.74, 6) is 0.495. The molecule has 1 fully saturated rings. The fourth-order valence-electron chi connectivity index (χ4n) is 3.39. The largest absolute Gasteiger partial charge is 0.366 e. The molecule has 0 amide bonds. The molecule has 3 nitrogen and oxygen atoms in total. The first-order valence-corrected chi connectivity index (χ1v) is 8.74. The maximum Gasteiger partial charge on any atom is 0.144 e. The fraction of sp³-hybridized carbons (Fsp3) is 0.238. The number of hydrogen-bond donors (Lipinski definition) is 1. The van der Waals surface area contributed by atoms with Crippen molar-refractivity contribution < 1.29 is 4.39 Å². The topological polar surface area (TPSA) is 37.8 Å². The van der Waals surface area contributed by atoms with E-state index in [2.05, 4.69) is 15.3 Å². The molecule has 0 spiro atoms. The van der Waals surface area contributed by atoms with Gasteiger partial charge in [0.2, 0.25) is 0 Å². The van der Waals surface area contributed by atoms with Gasteiger partial charge in [0.15, 0.2) is 0 Å².